The highest BCUT2D eigenvalue weighted by Gasteiger charge is 2.51. The molecule has 2 aromatic heterocycles. The number of thioether (sulfide) groups is 2. The van der Waals surface area contributed by atoms with Crippen LogP contribution in [0.2, 0.25) is 10.0 Å². The highest BCUT2D eigenvalue weighted by molar-refractivity contribution is 7.98. The summed E-state index contributed by atoms with van der Waals surface area (Å²) in [6.45, 7) is 3.10. The van der Waals surface area contributed by atoms with E-state index in [1.54, 1.807) is 112 Å². The topological polar surface area (TPSA) is 147 Å². The summed E-state index contributed by atoms with van der Waals surface area (Å²) in [5, 5.41) is 14.6. The lowest BCUT2D eigenvalue weighted by atomic mass is 9.94. The van der Waals surface area contributed by atoms with Crippen LogP contribution in [0.1, 0.15) is 127 Å². The number of pyridine rings is 2. The third kappa shape index (κ3) is 12.2. The molecular weight excluding hydrogens is 1250 g/mol. The van der Waals surface area contributed by atoms with Gasteiger partial charge in [-0.2, -0.15) is 26.3 Å². The number of ketones is 1. The van der Waals surface area contributed by atoms with E-state index in [-0.39, 0.29) is 30.0 Å². The molecule has 24 heteroatoms. The van der Waals surface area contributed by atoms with Crippen LogP contribution in [-0.2, 0) is 24.7 Å². The number of nitrogens with zero attached hydrogens (tertiary/aromatic N) is 6. The van der Waals surface area contributed by atoms with Gasteiger partial charge in [-0.05, 0) is 85.3 Å². The minimum atomic E-state index is -4.78. The van der Waals surface area contributed by atoms with Crippen LogP contribution in [0.5, 0.6) is 11.5 Å². The van der Waals surface area contributed by atoms with E-state index in [0.717, 1.165) is 45.9 Å². The number of halogens is 8. The number of hydrogen-bond acceptors (Lipinski definition) is 12. The Morgan fingerprint density at radius 1 is 0.567 bits per heavy atom. The number of aromatic nitrogens is 2. The molecule has 0 bridgehead atoms. The fraction of sp³-hybridized carbons (Fsp3) is 0.258. The maximum absolute atomic E-state index is 14.3. The number of aliphatic hydroxyl groups is 1. The molecule has 6 heterocycles. The Kier molecular flexibility index (Phi) is 18.1. The van der Waals surface area contributed by atoms with Crippen LogP contribution >= 0.6 is 46.7 Å². The molecule has 0 saturated carbocycles. The van der Waals surface area contributed by atoms with Gasteiger partial charge in [0.1, 0.15) is 50.7 Å². The van der Waals surface area contributed by atoms with Crippen LogP contribution in [0.25, 0.3) is 0 Å². The fourth-order valence-corrected chi connectivity index (χ4v) is 14.2. The van der Waals surface area contributed by atoms with Crippen molar-refractivity contribution in [1.82, 2.24) is 19.2 Å². The number of carbonyl (C=O) groups excluding carboxylic acids is 3. The lowest BCUT2D eigenvalue weighted by Gasteiger charge is -2.46. The first-order valence-corrected chi connectivity index (χ1v) is 31.1. The molecule has 12 rings (SSSR count). The summed E-state index contributed by atoms with van der Waals surface area (Å²) >= 11 is 16.8. The predicted molar refractivity (Wildman–Crippen MR) is 332 cm³/mol. The van der Waals surface area contributed by atoms with Crippen LogP contribution in [0, 0.1) is 0 Å². The van der Waals surface area contributed by atoms with Crippen molar-refractivity contribution in [1.29, 1.82) is 0 Å². The van der Waals surface area contributed by atoms with E-state index in [1.807, 2.05) is 66.7 Å². The Balaban J connectivity index is 0.000000185. The van der Waals surface area contributed by atoms with E-state index in [4.69, 9.17) is 32.7 Å². The van der Waals surface area contributed by atoms with E-state index in [9.17, 15) is 55.4 Å². The van der Waals surface area contributed by atoms with E-state index < -0.39 is 102 Å². The third-order valence-corrected chi connectivity index (χ3v) is 19.1. The quantitative estimate of drug-likeness (QED) is 0.0917. The van der Waals surface area contributed by atoms with Crippen molar-refractivity contribution < 1.29 is 55.3 Å². The van der Waals surface area contributed by atoms with Crippen LogP contribution in [0.3, 0.4) is 0 Å². The number of Topliss-reactive ketones (excluding diaryl/α,β-unsaturated/α-hetero) is 1. The largest absolute Gasteiger partial charge is 0.482 e. The SMILES string of the molecule is CC(=O)c1cn2c(c(OCc3ccccc3)c1=O)C(=O)N(C(C)C(F)(F)F)CN2[C@@H]1c2ccccc2SCc2cccc(Cl)c21.CC(O)c1cn2c(c(OCc3ccccc3)c1=O)C(=O)N(C(C)C(F)(F)F)CN2[C@@H]1c2ccccc2SCc2cccc(Cl)c21. The molecule has 3 unspecified atom stereocenters. The van der Waals surface area contributed by atoms with Crippen LogP contribution in [-0.4, -0.2) is 79.6 Å². The molecule has 8 aromatic rings. The Morgan fingerprint density at radius 2 is 0.967 bits per heavy atom. The van der Waals surface area contributed by atoms with Crippen molar-refractivity contribution in [3.05, 3.63) is 256 Å². The van der Waals surface area contributed by atoms with Crippen molar-refractivity contribution in [3.63, 3.8) is 0 Å². The monoisotopic (exact) mass is 1310 g/mol. The first-order valence-electron chi connectivity index (χ1n) is 28.3. The molecule has 4 aliphatic heterocycles. The summed E-state index contributed by atoms with van der Waals surface area (Å²) in [5.41, 5.74) is 3.09. The zero-order valence-electron chi connectivity index (χ0n) is 48.5. The van der Waals surface area contributed by atoms with Crippen LogP contribution in [0.15, 0.2) is 177 Å². The zero-order valence-corrected chi connectivity index (χ0v) is 51.6. The predicted octanol–water partition coefficient (Wildman–Crippen LogP) is 13.8. The number of benzene rings is 6. The van der Waals surface area contributed by atoms with Crippen molar-refractivity contribution in [2.24, 2.45) is 0 Å². The van der Waals surface area contributed by atoms with Gasteiger partial charge in [-0.3, -0.25) is 43.3 Å². The summed E-state index contributed by atoms with van der Waals surface area (Å²) in [6.07, 6.45) is -8.27. The number of amides is 2. The fourth-order valence-electron chi connectivity index (χ4n) is 11.4. The average molecular weight is 1310 g/mol. The Labute approximate surface area is 531 Å². The molecule has 0 fully saturated rings. The van der Waals surface area contributed by atoms with Gasteiger partial charge in [0.15, 0.2) is 28.7 Å². The molecule has 0 saturated heterocycles. The summed E-state index contributed by atoms with van der Waals surface area (Å²) in [6, 6.07) is 37.5. The molecule has 0 aliphatic carbocycles. The van der Waals surface area contributed by atoms with E-state index in [1.165, 1.54) is 35.6 Å². The number of fused-ring (bicyclic) bond motifs is 6. The highest BCUT2D eigenvalue weighted by atomic mass is 35.5. The summed E-state index contributed by atoms with van der Waals surface area (Å²) in [4.78, 5) is 71.6. The lowest BCUT2D eigenvalue weighted by molar-refractivity contribution is -0.173. The normalized spacial score (nSPS) is 17.2. The average Bonchev–Trinajstić information content (AvgIpc) is 0.983. The highest BCUT2D eigenvalue weighted by Crippen LogP contribution is 2.48. The third-order valence-electron chi connectivity index (χ3n) is 16.2. The molecule has 0 spiro atoms. The van der Waals surface area contributed by atoms with E-state index in [2.05, 4.69) is 0 Å². The molecule has 14 nitrogen and oxygen atoms in total. The molecule has 1 N–H and O–H groups in total. The van der Waals surface area contributed by atoms with Crippen molar-refractivity contribution in [3.8, 4) is 11.5 Å². The van der Waals surface area contributed by atoms with Gasteiger partial charge in [-0.1, -0.05) is 145 Å². The van der Waals surface area contributed by atoms with Gasteiger partial charge in [0.05, 0.1) is 11.7 Å². The van der Waals surface area contributed by atoms with E-state index >= 15 is 0 Å². The minimum absolute atomic E-state index is 0.0763. The number of ether oxygens (including phenoxy) is 2. The Morgan fingerprint density at radius 3 is 1.38 bits per heavy atom. The molecule has 5 atom stereocenters. The molecule has 2 amide bonds. The second-order valence-corrected chi connectivity index (χ2v) is 24.7. The Bertz CT molecular complexity index is 4210. The molecule has 90 heavy (non-hydrogen) atoms. The number of alkyl halides is 6. The van der Waals surface area contributed by atoms with Gasteiger partial charge in [0.2, 0.25) is 10.9 Å². The number of hydrogen-bond donors (Lipinski definition) is 1. The lowest BCUT2D eigenvalue weighted by Crippen LogP contribution is -2.60. The summed E-state index contributed by atoms with van der Waals surface area (Å²) < 4.78 is 100. The molecule has 466 valence electrons. The van der Waals surface area contributed by atoms with Gasteiger partial charge in [0, 0.05) is 60.4 Å². The van der Waals surface area contributed by atoms with E-state index in [0.29, 0.717) is 53.6 Å². The second kappa shape index (κ2) is 25.6. The Hall–Kier alpha value is -8.15. The zero-order chi connectivity index (χ0) is 64.1. The van der Waals surface area contributed by atoms with Crippen molar-refractivity contribution >= 4 is 64.3 Å². The van der Waals surface area contributed by atoms with Crippen LogP contribution in [0.4, 0.5) is 26.3 Å². The molecule has 6 aromatic carbocycles. The van der Waals surface area contributed by atoms with Gasteiger partial charge >= 0.3 is 12.4 Å². The van der Waals surface area contributed by atoms with Gasteiger partial charge in [-0.15, -0.1) is 23.5 Å². The van der Waals surface area contributed by atoms with Gasteiger partial charge in [-0.25, -0.2) is 0 Å². The number of carbonyl (C=O) groups is 3. The van der Waals surface area contributed by atoms with Crippen LogP contribution < -0.4 is 30.3 Å². The molecular formula is C66H56Cl2F6N6O8S2. The van der Waals surface area contributed by atoms with Gasteiger partial charge < -0.3 is 24.4 Å². The standard InChI is InChI=1S/C33H29ClF3N3O4S.C33H27ClF3N3O4S/c2*1-19(41)24-15-39-29(31(30(24)42)44-16-21-9-4-3-5-10-21)32(43)38(20(2)33(35,36)37)18-40(39)28-23-12-6-7-14-26(23)45-17-22-11-8-13-25(34)27(22)28/h3-15,19-20,28,41H,16-18H2,1-2H3;3-15,20,28H,16-18H2,1-2H3/t19?,20?,28-;20?,28-/m11/s1. The molecule has 0 radical (unpaired) electrons. The van der Waals surface area contributed by atoms with Crippen molar-refractivity contribution in [2.45, 2.75) is 105 Å². The smallest absolute Gasteiger partial charge is 0.408 e. The maximum atomic E-state index is 14.3. The van der Waals surface area contributed by atoms with Crippen molar-refractivity contribution in [2.75, 3.05) is 23.4 Å². The summed E-state index contributed by atoms with van der Waals surface area (Å²) in [7, 11) is 0. The first kappa shape index (κ1) is 63.4. The van der Waals surface area contributed by atoms with Gasteiger partial charge in [0.25, 0.3) is 11.8 Å². The number of aliphatic hydroxyl groups excluding tert-OH is 1. The maximum Gasteiger partial charge on any atom is 0.408 e. The minimum Gasteiger partial charge on any atom is -0.482 e. The molecule has 4 aliphatic rings. The second-order valence-electron chi connectivity index (χ2n) is 21.8. The number of rotatable bonds is 12. The first-order chi connectivity index (χ1) is 42.9. The summed E-state index contributed by atoms with van der Waals surface area (Å²) in [5.74, 6) is -2.52.